The fourth-order valence-electron chi connectivity index (χ4n) is 4.78. The molecular formula is C28H30N2O3. The van der Waals surface area contributed by atoms with E-state index in [1.807, 2.05) is 19.1 Å². The summed E-state index contributed by atoms with van der Waals surface area (Å²) in [7, 11) is 3.46. The molecule has 1 fully saturated rings. The van der Waals surface area contributed by atoms with Crippen molar-refractivity contribution in [3.05, 3.63) is 78.1 Å². The molecule has 3 aromatic carbocycles. The van der Waals surface area contributed by atoms with Gasteiger partial charge in [-0.05, 0) is 36.8 Å². The van der Waals surface area contributed by atoms with Crippen molar-refractivity contribution in [2.24, 2.45) is 0 Å². The standard InChI is InChI=1S/C28H30N2O3/c1-20-28(21-8-5-4-6-9-21)25-18-26(32-3)22(16-27(25)33-20)19-29-12-14-30(15-13-29)23-10-7-11-24(17-23)31-2/h4-11,16-18H,12-15,19H2,1-3H3. The fourth-order valence-corrected chi connectivity index (χ4v) is 4.78. The zero-order valence-electron chi connectivity index (χ0n) is 19.5. The summed E-state index contributed by atoms with van der Waals surface area (Å²) in [6.45, 7) is 6.82. The van der Waals surface area contributed by atoms with Gasteiger partial charge in [-0.2, -0.15) is 0 Å². The number of methoxy groups -OCH3 is 2. The van der Waals surface area contributed by atoms with E-state index in [4.69, 9.17) is 13.9 Å². The maximum Gasteiger partial charge on any atom is 0.135 e. The van der Waals surface area contributed by atoms with Crippen molar-refractivity contribution >= 4 is 16.7 Å². The molecule has 0 bridgehead atoms. The fraction of sp³-hybridized carbons (Fsp3) is 0.286. The van der Waals surface area contributed by atoms with Crippen molar-refractivity contribution in [2.45, 2.75) is 13.5 Å². The lowest BCUT2D eigenvalue weighted by molar-refractivity contribution is 0.246. The minimum absolute atomic E-state index is 0.839. The van der Waals surface area contributed by atoms with Gasteiger partial charge in [-0.25, -0.2) is 0 Å². The SMILES string of the molecule is COc1cccc(N2CCN(Cc3cc4oc(C)c(-c5ccccc5)c4cc3OC)CC2)c1. The molecule has 0 amide bonds. The Morgan fingerprint density at radius 1 is 0.848 bits per heavy atom. The lowest BCUT2D eigenvalue weighted by atomic mass is 10.0. The first kappa shape index (κ1) is 21.4. The van der Waals surface area contributed by atoms with Gasteiger partial charge in [-0.3, -0.25) is 4.90 Å². The third-order valence-electron chi connectivity index (χ3n) is 6.51. The van der Waals surface area contributed by atoms with Gasteiger partial charge in [0, 0.05) is 61.0 Å². The number of nitrogens with zero attached hydrogens (tertiary/aromatic N) is 2. The van der Waals surface area contributed by atoms with Crippen LogP contribution in [0.25, 0.3) is 22.1 Å². The van der Waals surface area contributed by atoms with E-state index < -0.39 is 0 Å². The van der Waals surface area contributed by atoms with Crippen molar-refractivity contribution in [1.29, 1.82) is 0 Å². The highest BCUT2D eigenvalue weighted by Crippen LogP contribution is 2.38. The van der Waals surface area contributed by atoms with Crippen LogP contribution in [0.4, 0.5) is 5.69 Å². The monoisotopic (exact) mass is 442 g/mol. The smallest absolute Gasteiger partial charge is 0.135 e. The van der Waals surface area contributed by atoms with E-state index in [0.717, 1.165) is 77.6 Å². The van der Waals surface area contributed by atoms with Gasteiger partial charge in [-0.15, -0.1) is 0 Å². The van der Waals surface area contributed by atoms with Crippen molar-refractivity contribution in [2.75, 3.05) is 45.3 Å². The van der Waals surface area contributed by atoms with Crippen LogP contribution >= 0.6 is 0 Å². The number of benzene rings is 3. The summed E-state index contributed by atoms with van der Waals surface area (Å²) in [4.78, 5) is 4.90. The lowest BCUT2D eigenvalue weighted by Crippen LogP contribution is -2.46. The van der Waals surface area contributed by atoms with E-state index >= 15 is 0 Å². The molecule has 0 unspecified atom stereocenters. The molecule has 0 aliphatic carbocycles. The number of piperazine rings is 1. The van der Waals surface area contributed by atoms with Crippen molar-refractivity contribution in [3.63, 3.8) is 0 Å². The summed E-state index contributed by atoms with van der Waals surface area (Å²) in [6.07, 6.45) is 0. The summed E-state index contributed by atoms with van der Waals surface area (Å²) >= 11 is 0. The summed E-state index contributed by atoms with van der Waals surface area (Å²) in [5, 5.41) is 1.10. The Bertz CT molecular complexity index is 1240. The number of anilines is 1. The van der Waals surface area contributed by atoms with Gasteiger partial charge in [-0.1, -0.05) is 36.4 Å². The van der Waals surface area contributed by atoms with Crippen LogP contribution in [-0.4, -0.2) is 45.3 Å². The molecule has 0 saturated carbocycles. The van der Waals surface area contributed by atoms with Gasteiger partial charge in [0.25, 0.3) is 0 Å². The largest absolute Gasteiger partial charge is 0.497 e. The summed E-state index contributed by atoms with van der Waals surface area (Å²) in [5.41, 5.74) is 5.59. The van der Waals surface area contributed by atoms with Crippen LogP contribution in [0.1, 0.15) is 11.3 Å². The predicted octanol–water partition coefficient (Wildman–Crippen LogP) is 5.75. The molecular weight excluding hydrogens is 412 g/mol. The second-order valence-corrected chi connectivity index (χ2v) is 8.52. The average Bonchev–Trinajstić information content (AvgIpc) is 3.19. The Labute approximate surface area is 195 Å². The van der Waals surface area contributed by atoms with Crippen LogP contribution in [0, 0.1) is 6.92 Å². The Hall–Kier alpha value is -3.44. The molecule has 0 radical (unpaired) electrons. The Morgan fingerprint density at radius 2 is 1.64 bits per heavy atom. The minimum atomic E-state index is 0.839. The van der Waals surface area contributed by atoms with E-state index in [2.05, 4.69) is 64.4 Å². The maximum absolute atomic E-state index is 6.19. The van der Waals surface area contributed by atoms with Gasteiger partial charge in [0.1, 0.15) is 22.8 Å². The Morgan fingerprint density at radius 3 is 2.36 bits per heavy atom. The zero-order chi connectivity index (χ0) is 22.8. The number of hydrogen-bond donors (Lipinski definition) is 0. The first-order valence-electron chi connectivity index (χ1n) is 11.4. The molecule has 5 nitrogen and oxygen atoms in total. The van der Waals surface area contributed by atoms with Gasteiger partial charge >= 0.3 is 0 Å². The quantitative estimate of drug-likeness (QED) is 0.380. The highest BCUT2D eigenvalue weighted by Gasteiger charge is 2.21. The first-order valence-corrected chi connectivity index (χ1v) is 11.4. The molecule has 5 rings (SSSR count). The van der Waals surface area contributed by atoms with E-state index in [1.165, 1.54) is 5.69 Å². The molecule has 0 atom stereocenters. The molecule has 0 N–H and O–H groups in total. The number of aryl methyl sites for hydroxylation is 1. The highest BCUT2D eigenvalue weighted by molar-refractivity contribution is 5.97. The van der Waals surface area contributed by atoms with Crippen LogP contribution in [0.2, 0.25) is 0 Å². The van der Waals surface area contributed by atoms with E-state index in [-0.39, 0.29) is 0 Å². The van der Waals surface area contributed by atoms with Crippen LogP contribution in [0.5, 0.6) is 11.5 Å². The van der Waals surface area contributed by atoms with Crippen molar-refractivity contribution in [3.8, 4) is 22.6 Å². The highest BCUT2D eigenvalue weighted by atomic mass is 16.5. The number of fused-ring (bicyclic) bond motifs is 1. The van der Waals surface area contributed by atoms with Crippen LogP contribution in [-0.2, 0) is 6.54 Å². The summed E-state index contributed by atoms with van der Waals surface area (Å²) in [5.74, 6) is 2.74. The van der Waals surface area contributed by atoms with E-state index in [9.17, 15) is 0 Å². The second-order valence-electron chi connectivity index (χ2n) is 8.52. The molecule has 5 heteroatoms. The van der Waals surface area contributed by atoms with Crippen LogP contribution < -0.4 is 14.4 Å². The molecule has 4 aromatic rings. The number of ether oxygens (including phenoxy) is 2. The van der Waals surface area contributed by atoms with Crippen LogP contribution in [0.3, 0.4) is 0 Å². The average molecular weight is 443 g/mol. The topological polar surface area (TPSA) is 38.1 Å². The zero-order valence-corrected chi connectivity index (χ0v) is 19.5. The summed E-state index contributed by atoms with van der Waals surface area (Å²) in [6, 6.07) is 23.0. The second kappa shape index (κ2) is 9.20. The third kappa shape index (κ3) is 4.29. The number of rotatable bonds is 6. The molecule has 1 aliphatic rings. The molecule has 1 aromatic heterocycles. The van der Waals surface area contributed by atoms with Crippen molar-refractivity contribution < 1.29 is 13.9 Å². The molecule has 1 aliphatic heterocycles. The predicted molar refractivity (Wildman–Crippen MR) is 133 cm³/mol. The normalized spacial score (nSPS) is 14.6. The molecule has 0 spiro atoms. The van der Waals surface area contributed by atoms with Gasteiger partial charge in [0.05, 0.1) is 14.2 Å². The number of furan rings is 1. The van der Waals surface area contributed by atoms with E-state index in [0.29, 0.717) is 0 Å². The van der Waals surface area contributed by atoms with Gasteiger partial charge in [0.2, 0.25) is 0 Å². The van der Waals surface area contributed by atoms with Crippen molar-refractivity contribution in [1.82, 2.24) is 4.90 Å². The molecule has 170 valence electrons. The third-order valence-corrected chi connectivity index (χ3v) is 6.51. The van der Waals surface area contributed by atoms with Crippen LogP contribution in [0.15, 0.2) is 71.1 Å². The van der Waals surface area contributed by atoms with E-state index in [1.54, 1.807) is 14.2 Å². The Kier molecular flexibility index (Phi) is 5.97. The molecule has 33 heavy (non-hydrogen) atoms. The molecule has 1 saturated heterocycles. The van der Waals surface area contributed by atoms with Gasteiger partial charge < -0.3 is 18.8 Å². The maximum atomic E-state index is 6.19. The van der Waals surface area contributed by atoms with Gasteiger partial charge in [0.15, 0.2) is 0 Å². The number of hydrogen-bond acceptors (Lipinski definition) is 5. The first-order chi connectivity index (χ1) is 16.2. The minimum Gasteiger partial charge on any atom is -0.497 e. The lowest BCUT2D eigenvalue weighted by Gasteiger charge is -2.36. The summed E-state index contributed by atoms with van der Waals surface area (Å²) < 4.78 is 17.4. The Balaban J connectivity index is 1.35. The molecule has 2 heterocycles.